The maximum Gasteiger partial charge on any atom is 0.325 e. The van der Waals surface area contributed by atoms with E-state index in [9.17, 15) is 14.4 Å². The molecule has 3 aliphatic rings. The van der Waals surface area contributed by atoms with Gasteiger partial charge in [-0.3, -0.25) is 9.59 Å². The molecule has 10 heteroatoms. The number of carbonyl (C=O) groups excluding carboxylic acids is 3. The standard InChI is InChI=1S/C27H33N3O6S/c1-27(2)12-11-17-23(36-27)15-7-3-4-8-16(15)24(25(17)35-21(32)13-28)34-20(31)10-6-5-9-19-22-18(14-37-19)29-26(33)30-22/h3-4,7-8,18-19,22H,5-6,9-14,28H2,1-2H3,(H2,29,30,33)/t18-,19-,22-/m0/s1. The SMILES string of the molecule is CC1(C)CCc2c(OC(=O)CN)c(OC(=O)CCCC[C@@H]3SC[C@@H]4NC(=O)N[C@@H]43)c3ccccc3c2O1. The minimum atomic E-state index is -0.611. The van der Waals surface area contributed by atoms with Crippen LogP contribution in [0.15, 0.2) is 24.3 Å². The van der Waals surface area contributed by atoms with Crippen LogP contribution in [0.5, 0.6) is 17.2 Å². The molecule has 0 aromatic heterocycles. The molecule has 9 nitrogen and oxygen atoms in total. The molecule has 0 saturated carbocycles. The van der Waals surface area contributed by atoms with Gasteiger partial charge in [-0.05, 0) is 39.5 Å². The number of rotatable bonds is 8. The Morgan fingerprint density at radius 1 is 1.11 bits per heavy atom. The van der Waals surface area contributed by atoms with E-state index in [0.717, 1.165) is 30.4 Å². The van der Waals surface area contributed by atoms with Gasteiger partial charge in [-0.25, -0.2) is 4.79 Å². The first-order valence-corrected chi connectivity index (χ1v) is 13.9. The second-order valence-electron chi connectivity index (χ2n) is 10.4. The van der Waals surface area contributed by atoms with Crippen LogP contribution in [0.1, 0.15) is 51.5 Å². The molecule has 198 valence electrons. The number of amides is 2. The van der Waals surface area contributed by atoms with Crippen molar-refractivity contribution in [3.63, 3.8) is 0 Å². The van der Waals surface area contributed by atoms with Crippen molar-refractivity contribution in [3.05, 3.63) is 29.8 Å². The van der Waals surface area contributed by atoms with Gasteiger partial charge in [0.25, 0.3) is 0 Å². The van der Waals surface area contributed by atoms with Crippen molar-refractivity contribution < 1.29 is 28.6 Å². The topological polar surface area (TPSA) is 129 Å². The number of ether oxygens (including phenoxy) is 3. The van der Waals surface area contributed by atoms with Gasteiger partial charge in [0.15, 0.2) is 11.5 Å². The summed E-state index contributed by atoms with van der Waals surface area (Å²) in [6, 6.07) is 7.75. The lowest BCUT2D eigenvalue weighted by molar-refractivity contribution is -0.136. The highest BCUT2D eigenvalue weighted by Gasteiger charge is 2.42. The zero-order chi connectivity index (χ0) is 26.2. The Bertz CT molecular complexity index is 1230. The third kappa shape index (κ3) is 5.36. The highest BCUT2D eigenvalue weighted by atomic mass is 32.2. The van der Waals surface area contributed by atoms with E-state index >= 15 is 0 Å². The summed E-state index contributed by atoms with van der Waals surface area (Å²) in [7, 11) is 0. The molecule has 37 heavy (non-hydrogen) atoms. The van der Waals surface area contributed by atoms with Gasteiger partial charge >= 0.3 is 18.0 Å². The summed E-state index contributed by atoms with van der Waals surface area (Å²) in [6.07, 6.45) is 3.97. The van der Waals surface area contributed by atoms with Gasteiger partial charge in [0, 0.05) is 33.8 Å². The molecular weight excluding hydrogens is 494 g/mol. The van der Waals surface area contributed by atoms with E-state index < -0.39 is 5.97 Å². The van der Waals surface area contributed by atoms with Crippen molar-refractivity contribution in [2.24, 2.45) is 5.73 Å². The third-order valence-corrected chi connectivity index (χ3v) is 8.69. The minimum Gasteiger partial charge on any atom is -0.487 e. The number of nitrogens with one attached hydrogen (secondary N) is 2. The fourth-order valence-corrected chi connectivity index (χ4v) is 6.83. The largest absolute Gasteiger partial charge is 0.487 e. The van der Waals surface area contributed by atoms with Gasteiger partial charge < -0.3 is 30.6 Å². The van der Waals surface area contributed by atoms with Crippen LogP contribution in [0.4, 0.5) is 4.79 Å². The van der Waals surface area contributed by atoms with Crippen LogP contribution in [0.3, 0.4) is 0 Å². The monoisotopic (exact) mass is 527 g/mol. The summed E-state index contributed by atoms with van der Waals surface area (Å²) >= 11 is 1.86. The number of hydrogen-bond acceptors (Lipinski definition) is 8. The molecule has 2 fully saturated rings. The number of benzene rings is 2. The van der Waals surface area contributed by atoms with E-state index in [1.165, 1.54) is 0 Å². The molecule has 0 radical (unpaired) electrons. The highest BCUT2D eigenvalue weighted by Crippen LogP contribution is 2.50. The molecule has 0 aliphatic carbocycles. The Morgan fingerprint density at radius 3 is 2.65 bits per heavy atom. The van der Waals surface area contributed by atoms with Crippen molar-refractivity contribution >= 4 is 40.5 Å². The average molecular weight is 528 g/mol. The number of nitrogens with two attached hydrogens (primary N) is 1. The predicted molar refractivity (Wildman–Crippen MR) is 141 cm³/mol. The number of unbranched alkanes of at least 4 members (excludes halogenated alkanes) is 1. The van der Waals surface area contributed by atoms with Crippen molar-refractivity contribution in [1.82, 2.24) is 10.6 Å². The molecule has 0 spiro atoms. The second-order valence-corrected chi connectivity index (χ2v) is 11.7. The Hall–Kier alpha value is -2.98. The number of hydrogen-bond donors (Lipinski definition) is 3. The van der Waals surface area contributed by atoms with E-state index in [-0.39, 0.29) is 54.1 Å². The van der Waals surface area contributed by atoms with Crippen molar-refractivity contribution in [2.75, 3.05) is 12.3 Å². The molecule has 2 amide bonds. The van der Waals surface area contributed by atoms with Crippen LogP contribution in [-0.2, 0) is 16.0 Å². The molecule has 5 rings (SSSR count). The molecule has 4 N–H and O–H groups in total. The van der Waals surface area contributed by atoms with Crippen LogP contribution < -0.4 is 30.6 Å². The molecule has 2 saturated heterocycles. The van der Waals surface area contributed by atoms with Gasteiger partial charge in [-0.15, -0.1) is 0 Å². The minimum absolute atomic E-state index is 0.0961. The molecule has 3 heterocycles. The van der Waals surface area contributed by atoms with Gasteiger partial charge in [0.1, 0.15) is 11.4 Å². The molecule has 2 aromatic rings. The summed E-state index contributed by atoms with van der Waals surface area (Å²) < 4.78 is 17.9. The first-order chi connectivity index (χ1) is 17.8. The summed E-state index contributed by atoms with van der Waals surface area (Å²) in [6.45, 7) is 3.75. The van der Waals surface area contributed by atoms with Crippen LogP contribution in [0.2, 0.25) is 0 Å². The Kier molecular flexibility index (Phi) is 7.22. The fourth-order valence-electron chi connectivity index (χ4n) is 5.29. The fraction of sp³-hybridized carbons (Fsp3) is 0.519. The van der Waals surface area contributed by atoms with Gasteiger partial charge in [-0.2, -0.15) is 11.8 Å². The van der Waals surface area contributed by atoms with Crippen LogP contribution in [0.25, 0.3) is 10.8 Å². The van der Waals surface area contributed by atoms with Gasteiger partial charge in [0.2, 0.25) is 0 Å². The zero-order valence-electron chi connectivity index (χ0n) is 21.1. The Labute approximate surface area is 220 Å². The normalized spacial score (nSPS) is 23.4. The molecule has 3 atom stereocenters. The Morgan fingerprint density at radius 2 is 1.86 bits per heavy atom. The van der Waals surface area contributed by atoms with Gasteiger partial charge in [-0.1, -0.05) is 30.7 Å². The zero-order valence-corrected chi connectivity index (χ0v) is 21.9. The quantitative estimate of drug-likeness (QED) is 0.206. The molecule has 0 unspecified atom stereocenters. The third-order valence-electron chi connectivity index (χ3n) is 7.18. The summed E-state index contributed by atoms with van der Waals surface area (Å²) in [4.78, 5) is 36.8. The average Bonchev–Trinajstić information content (AvgIpc) is 3.42. The molecule has 0 bridgehead atoms. The maximum absolute atomic E-state index is 13.0. The van der Waals surface area contributed by atoms with Crippen LogP contribution in [-0.4, -0.2) is 53.2 Å². The van der Waals surface area contributed by atoms with E-state index in [1.807, 2.05) is 49.9 Å². The van der Waals surface area contributed by atoms with Gasteiger partial charge in [0.05, 0.1) is 18.6 Å². The lowest BCUT2D eigenvalue weighted by Gasteiger charge is -2.34. The lowest BCUT2D eigenvalue weighted by Crippen LogP contribution is -2.36. The summed E-state index contributed by atoms with van der Waals surface area (Å²) in [5.41, 5.74) is 5.87. The number of thioether (sulfide) groups is 1. The number of urea groups is 1. The van der Waals surface area contributed by atoms with Crippen molar-refractivity contribution in [1.29, 1.82) is 0 Å². The maximum atomic E-state index is 13.0. The number of esters is 2. The molecular formula is C27H33N3O6S. The molecule has 2 aromatic carbocycles. The molecule has 3 aliphatic heterocycles. The smallest absolute Gasteiger partial charge is 0.325 e. The van der Waals surface area contributed by atoms with Crippen LogP contribution >= 0.6 is 11.8 Å². The van der Waals surface area contributed by atoms with Crippen molar-refractivity contribution in [3.8, 4) is 17.2 Å². The first kappa shape index (κ1) is 25.7. The van der Waals surface area contributed by atoms with E-state index in [0.29, 0.717) is 34.8 Å². The Balaban J connectivity index is 1.32. The van der Waals surface area contributed by atoms with E-state index in [4.69, 9.17) is 19.9 Å². The summed E-state index contributed by atoms with van der Waals surface area (Å²) in [5, 5.41) is 7.74. The first-order valence-electron chi connectivity index (χ1n) is 12.8. The van der Waals surface area contributed by atoms with Crippen molar-refractivity contribution in [2.45, 2.75) is 75.3 Å². The highest BCUT2D eigenvalue weighted by molar-refractivity contribution is 8.00. The van der Waals surface area contributed by atoms with E-state index in [1.54, 1.807) is 0 Å². The number of carbonyl (C=O) groups is 3. The van der Waals surface area contributed by atoms with Crippen LogP contribution in [0, 0.1) is 0 Å². The summed E-state index contributed by atoms with van der Waals surface area (Å²) in [5.74, 6) is 1.00. The second kappa shape index (κ2) is 10.4. The predicted octanol–water partition coefficient (Wildman–Crippen LogP) is 3.44. The number of fused-ring (bicyclic) bond motifs is 4. The van der Waals surface area contributed by atoms with E-state index in [2.05, 4.69) is 10.6 Å². The lowest BCUT2D eigenvalue weighted by atomic mass is 9.91.